The van der Waals surface area contributed by atoms with Crippen LogP contribution in [0.15, 0.2) is 82.3 Å². The summed E-state index contributed by atoms with van der Waals surface area (Å²) in [6.45, 7) is 0. The van der Waals surface area contributed by atoms with Gasteiger partial charge in [0.2, 0.25) is 0 Å². The molecule has 0 spiro atoms. The monoisotopic (exact) mass is 535 g/mol. The van der Waals surface area contributed by atoms with Gasteiger partial charge in [0.25, 0.3) is 5.69 Å². The van der Waals surface area contributed by atoms with Crippen molar-refractivity contribution in [3.63, 3.8) is 0 Å². The lowest BCUT2D eigenvalue weighted by atomic mass is 10.2. The summed E-state index contributed by atoms with van der Waals surface area (Å²) in [6, 6.07) is 16.6. The molecule has 0 saturated carbocycles. The normalized spacial score (nSPS) is 11.4. The van der Waals surface area contributed by atoms with Crippen molar-refractivity contribution >= 4 is 50.2 Å². The molecule has 1 aromatic heterocycles. The number of pyridine rings is 1. The number of nitro groups is 1. The number of rotatable bonds is 6. The first-order valence-corrected chi connectivity index (χ1v) is 10.9. The predicted octanol–water partition coefficient (Wildman–Crippen LogP) is 7.84. The molecule has 33 heavy (non-hydrogen) atoms. The SMILES string of the molecule is O=[N+]([O-])c1cccc2c(Oc3ccc(NSc4ccc(C(F)(F)F)cc4Br)cc3)ccnc12. The van der Waals surface area contributed by atoms with E-state index in [1.807, 2.05) is 0 Å². The van der Waals surface area contributed by atoms with E-state index in [0.29, 0.717) is 31.9 Å². The van der Waals surface area contributed by atoms with E-state index in [9.17, 15) is 23.3 Å². The Kier molecular flexibility index (Phi) is 6.43. The summed E-state index contributed by atoms with van der Waals surface area (Å²) in [5, 5.41) is 11.7. The second-order valence-corrected chi connectivity index (χ2v) is 8.42. The van der Waals surface area contributed by atoms with Crippen LogP contribution in [-0.4, -0.2) is 9.91 Å². The van der Waals surface area contributed by atoms with Gasteiger partial charge in [-0.15, -0.1) is 0 Å². The van der Waals surface area contributed by atoms with Gasteiger partial charge in [-0.25, -0.2) is 4.98 Å². The number of anilines is 1. The van der Waals surface area contributed by atoms with Gasteiger partial charge >= 0.3 is 6.18 Å². The highest BCUT2D eigenvalue weighted by atomic mass is 79.9. The van der Waals surface area contributed by atoms with E-state index in [0.717, 1.165) is 24.1 Å². The van der Waals surface area contributed by atoms with Crippen molar-refractivity contribution in [2.45, 2.75) is 11.1 Å². The Balaban J connectivity index is 1.47. The molecular weight excluding hydrogens is 523 g/mol. The van der Waals surface area contributed by atoms with Crippen LogP contribution in [0.5, 0.6) is 11.5 Å². The van der Waals surface area contributed by atoms with Gasteiger partial charge in [0.15, 0.2) is 5.52 Å². The summed E-state index contributed by atoms with van der Waals surface area (Å²) in [5.41, 5.74) is 0.101. The fraction of sp³-hybridized carbons (Fsp3) is 0.0455. The van der Waals surface area contributed by atoms with Gasteiger partial charge in [-0.3, -0.25) is 10.1 Å². The van der Waals surface area contributed by atoms with E-state index >= 15 is 0 Å². The Bertz CT molecular complexity index is 1330. The lowest BCUT2D eigenvalue weighted by molar-refractivity contribution is -0.383. The molecule has 4 rings (SSSR count). The quantitative estimate of drug-likeness (QED) is 0.154. The maximum absolute atomic E-state index is 12.8. The second-order valence-electron chi connectivity index (χ2n) is 6.71. The Hall–Kier alpha value is -3.31. The number of halogens is 4. The molecule has 1 N–H and O–H groups in total. The maximum Gasteiger partial charge on any atom is 0.416 e. The molecule has 3 aromatic carbocycles. The number of fused-ring (bicyclic) bond motifs is 1. The molecule has 168 valence electrons. The minimum Gasteiger partial charge on any atom is -0.457 e. The van der Waals surface area contributed by atoms with Crippen LogP contribution in [0.25, 0.3) is 10.9 Å². The minimum atomic E-state index is -4.40. The van der Waals surface area contributed by atoms with Gasteiger partial charge in [-0.2, -0.15) is 13.2 Å². The first-order chi connectivity index (χ1) is 15.7. The highest BCUT2D eigenvalue weighted by Crippen LogP contribution is 2.36. The van der Waals surface area contributed by atoms with E-state index in [-0.39, 0.29) is 11.2 Å². The lowest BCUT2D eigenvalue weighted by Crippen LogP contribution is -2.04. The number of hydrogen-bond acceptors (Lipinski definition) is 6. The molecule has 6 nitrogen and oxygen atoms in total. The lowest BCUT2D eigenvalue weighted by Gasteiger charge is -2.12. The molecule has 0 bridgehead atoms. The average molecular weight is 536 g/mol. The van der Waals surface area contributed by atoms with Crippen LogP contribution in [0.3, 0.4) is 0 Å². The van der Waals surface area contributed by atoms with Crippen LogP contribution in [0.2, 0.25) is 0 Å². The van der Waals surface area contributed by atoms with E-state index in [1.165, 1.54) is 18.3 Å². The number of para-hydroxylation sites is 1. The van der Waals surface area contributed by atoms with Crippen molar-refractivity contribution in [3.05, 3.63) is 93.1 Å². The number of nitro benzene ring substituents is 1. The van der Waals surface area contributed by atoms with Gasteiger partial charge in [0.05, 0.1) is 10.5 Å². The standard InChI is InChI=1S/C22H13BrF3N3O3S/c23-17-12-13(22(24,25)26)4-9-20(17)33-28-14-5-7-15(8-6-14)32-19-10-11-27-21-16(19)2-1-3-18(21)29(30)31/h1-12,28H. The number of ether oxygens (including phenoxy) is 1. The van der Waals surface area contributed by atoms with Gasteiger partial charge in [-0.05, 0) is 82.5 Å². The van der Waals surface area contributed by atoms with Crippen molar-refractivity contribution in [2.24, 2.45) is 0 Å². The molecule has 0 aliphatic heterocycles. The molecule has 0 aliphatic rings. The summed E-state index contributed by atoms with van der Waals surface area (Å²) < 4.78 is 47.7. The summed E-state index contributed by atoms with van der Waals surface area (Å²) >= 11 is 4.33. The number of non-ortho nitro benzene ring substituents is 1. The maximum atomic E-state index is 12.8. The van der Waals surface area contributed by atoms with Gasteiger partial charge < -0.3 is 9.46 Å². The Morgan fingerprint density at radius 2 is 1.82 bits per heavy atom. The highest BCUT2D eigenvalue weighted by Gasteiger charge is 2.30. The molecule has 0 saturated heterocycles. The zero-order valence-corrected chi connectivity index (χ0v) is 18.9. The van der Waals surface area contributed by atoms with Crippen LogP contribution in [-0.2, 0) is 6.18 Å². The summed E-state index contributed by atoms with van der Waals surface area (Å²) in [4.78, 5) is 15.4. The Labute approximate surface area is 198 Å². The van der Waals surface area contributed by atoms with Crippen LogP contribution in [0.4, 0.5) is 24.5 Å². The zero-order chi connectivity index (χ0) is 23.6. The van der Waals surface area contributed by atoms with Gasteiger partial charge in [0, 0.05) is 32.7 Å². The van der Waals surface area contributed by atoms with E-state index < -0.39 is 16.7 Å². The van der Waals surface area contributed by atoms with Crippen LogP contribution in [0.1, 0.15) is 5.56 Å². The molecule has 1 heterocycles. The zero-order valence-electron chi connectivity index (χ0n) is 16.5. The molecule has 11 heteroatoms. The first kappa shape index (κ1) is 22.9. The van der Waals surface area contributed by atoms with E-state index in [1.54, 1.807) is 42.5 Å². The molecule has 4 aromatic rings. The molecule has 0 unspecified atom stereocenters. The number of benzene rings is 3. The summed E-state index contributed by atoms with van der Waals surface area (Å²) in [6.07, 6.45) is -2.96. The molecule has 0 amide bonds. The van der Waals surface area contributed by atoms with Gasteiger partial charge in [0.1, 0.15) is 11.5 Å². The Morgan fingerprint density at radius 1 is 1.06 bits per heavy atom. The fourth-order valence-electron chi connectivity index (χ4n) is 2.96. The average Bonchev–Trinajstić information content (AvgIpc) is 2.78. The van der Waals surface area contributed by atoms with Crippen molar-refractivity contribution < 1.29 is 22.8 Å². The highest BCUT2D eigenvalue weighted by molar-refractivity contribution is 9.10. The largest absolute Gasteiger partial charge is 0.457 e. The minimum absolute atomic E-state index is 0.107. The third-order valence-corrected chi connectivity index (χ3v) is 6.36. The third kappa shape index (κ3) is 5.20. The van der Waals surface area contributed by atoms with Crippen molar-refractivity contribution in [3.8, 4) is 11.5 Å². The van der Waals surface area contributed by atoms with Crippen LogP contribution in [0, 0.1) is 10.1 Å². The first-order valence-electron chi connectivity index (χ1n) is 9.32. The third-order valence-electron chi connectivity index (χ3n) is 4.53. The molecule has 0 radical (unpaired) electrons. The van der Waals surface area contributed by atoms with E-state index in [4.69, 9.17) is 4.74 Å². The van der Waals surface area contributed by atoms with Crippen molar-refractivity contribution in [1.82, 2.24) is 4.98 Å². The molecule has 0 atom stereocenters. The second kappa shape index (κ2) is 9.28. The predicted molar refractivity (Wildman–Crippen MR) is 124 cm³/mol. The molecule has 0 fully saturated rings. The fourth-order valence-corrected chi connectivity index (χ4v) is 4.24. The number of nitrogens with one attached hydrogen (secondary N) is 1. The topological polar surface area (TPSA) is 77.3 Å². The van der Waals surface area contributed by atoms with Crippen LogP contribution >= 0.6 is 27.9 Å². The number of aromatic nitrogens is 1. The van der Waals surface area contributed by atoms with E-state index in [2.05, 4.69) is 25.6 Å². The number of nitrogens with zero attached hydrogens (tertiary/aromatic N) is 2. The molecular formula is C22H13BrF3N3O3S. The summed E-state index contributed by atoms with van der Waals surface area (Å²) in [5.74, 6) is 0.924. The van der Waals surface area contributed by atoms with Crippen molar-refractivity contribution in [2.75, 3.05) is 4.72 Å². The van der Waals surface area contributed by atoms with Crippen molar-refractivity contribution in [1.29, 1.82) is 0 Å². The van der Waals surface area contributed by atoms with Crippen LogP contribution < -0.4 is 9.46 Å². The van der Waals surface area contributed by atoms with Gasteiger partial charge in [-0.1, -0.05) is 6.07 Å². The summed E-state index contributed by atoms with van der Waals surface area (Å²) in [7, 11) is 0. The molecule has 0 aliphatic carbocycles. The Morgan fingerprint density at radius 3 is 2.48 bits per heavy atom. The number of alkyl halides is 3. The number of hydrogen-bond donors (Lipinski definition) is 1. The smallest absolute Gasteiger partial charge is 0.416 e.